The highest BCUT2D eigenvalue weighted by atomic mass is 32.2. The molecule has 0 spiro atoms. The van der Waals surface area contributed by atoms with Gasteiger partial charge < -0.3 is 5.32 Å². The van der Waals surface area contributed by atoms with E-state index in [1.165, 1.54) is 24.3 Å². The second kappa shape index (κ2) is 7.83. The fourth-order valence-electron chi connectivity index (χ4n) is 3.75. The van der Waals surface area contributed by atoms with E-state index in [4.69, 9.17) is 0 Å². The SMILES string of the molecule is C[C@H]1C[C@H](NS(=O)(=O)CCNC(=O)c2ccc(F)cc2)CC(C)(C)C1. The van der Waals surface area contributed by atoms with Gasteiger partial charge in [-0.1, -0.05) is 20.8 Å². The summed E-state index contributed by atoms with van der Waals surface area (Å²) in [5.41, 5.74) is 0.427. The Bertz CT molecular complexity index is 702. The molecule has 140 valence electrons. The van der Waals surface area contributed by atoms with E-state index in [1.807, 2.05) is 0 Å². The van der Waals surface area contributed by atoms with Gasteiger partial charge in [-0.05, 0) is 54.9 Å². The molecule has 0 bridgehead atoms. The summed E-state index contributed by atoms with van der Waals surface area (Å²) in [6.07, 6.45) is 2.75. The van der Waals surface area contributed by atoms with Gasteiger partial charge >= 0.3 is 0 Å². The van der Waals surface area contributed by atoms with Gasteiger partial charge in [0.2, 0.25) is 10.0 Å². The monoisotopic (exact) mass is 370 g/mol. The van der Waals surface area contributed by atoms with E-state index in [2.05, 4.69) is 30.8 Å². The van der Waals surface area contributed by atoms with Crippen LogP contribution in [0.2, 0.25) is 0 Å². The molecule has 0 saturated heterocycles. The quantitative estimate of drug-likeness (QED) is 0.808. The third kappa shape index (κ3) is 6.40. The highest BCUT2D eigenvalue weighted by molar-refractivity contribution is 7.89. The standard InChI is InChI=1S/C18H27FN2O3S/c1-13-10-16(12-18(2,3)11-13)21-25(23,24)9-8-20-17(22)14-4-6-15(19)7-5-14/h4-7,13,16,21H,8-12H2,1-3H3,(H,20,22)/t13-,16-/m0/s1. The van der Waals surface area contributed by atoms with E-state index in [1.54, 1.807) is 0 Å². The van der Waals surface area contributed by atoms with Gasteiger partial charge in [0.25, 0.3) is 5.91 Å². The number of nitrogens with one attached hydrogen (secondary N) is 2. The average molecular weight is 370 g/mol. The van der Waals surface area contributed by atoms with Crippen molar-refractivity contribution in [2.75, 3.05) is 12.3 Å². The van der Waals surface area contributed by atoms with Gasteiger partial charge in [0.15, 0.2) is 0 Å². The predicted molar refractivity (Wildman–Crippen MR) is 96.2 cm³/mol. The van der Waals surface area contributed by atoms with E-state index in [0.29, 0.717) is 11.5 Å². The molecular formula is C18H27FN2O3S. The number of carbonyl (C=O) groups excluding carboxylic acids is 1. The van der Waals surface area contributed by atoms with Crippen LogP contribution >= 0.6 is 0 Å². The minimum atomic E-state index is -3.46. The number of sulfonamides is 1. The zero-order valence-electron chi connectivity index (χ0n) is 15.0. The maximum absolute atomic E-state index is 12.8. The molecule has 0 radical (unpaired) electrons. The predicted octanol–water partition coefficient (Wildman–Crippen LogP) is 2.69. The molecule has 1 fully saturated rings. The van der Waals surface area contributed by atoms with Crippen LogP contribution in [-0.2, 0) is 10.0 Å². The molecule has 0 unspecified atom stereocenters. The summed E-state index contributed by atoms with van der Waals surface area (Å²) in [5.74, 6) is -0.532. The van der Waals surface area contributed by atoms with Gasteiger partial charge in [-0.15, -0.1) is 0 Å². The van der Waals surface area contributed by atoms with Crippen molar-refractivity contribution in [3.8, 4) is 0 Å². The number of benzene rings is 1. The Hall–Kier alpha value is -1.47. The lowest BCUT2D eigenvalue weighted by atomic mass is 9.71. The first-order valence-electron chi connectivity index (χ1n) is 8.60. The van der Waals surface area contributed by atoms with Crippen LogP contribution < -0.4 is 10.0 Å². The van der Waals surface area contributed by atoms with Gasteiger partial charge in [0.1, 0.15) is 5.82 Å². The largest absolute Gasteiger partial charge is 0.351 e. The fraction of sp³-hybridized carbons (Fsp3) is 0.611. The molecule has 1 saturated carbocycles. The van der Waals surface area contributed by atoms with Crippen LogP contribution in [0.25, 0.3) is 0 Å². The molecule has 0 aromatic heterocycles. The molecule has 2 rings (SSSR count). The molecule has 0 heterocycles. The molecule has 5 nitrogen and oxygen atoms in total. The molecule has 2 atom stereocenters. The summed E-state index contributed by atoms with van der Waals surface area (Å²) in [5, 5.41) is 2.56. The normalized spacial score (nSPS) is 23.2. The smallest absolute Gasteiger partial charge is 0.251 e. The van der Waals surface area contributed by atoms with Gasteiger partial charge in [0, 0.05) is 18.2 Å². The molecule has 1 amide bonds. The van der Waals surface area contributed by atoms with E-state index in [0.717, 1.165) is 19.3 Å². The zero-order valence-corrected chi connectivity index (χ0v) is 15.8. The second-order valence-electron chi connectivity index (χ2n) is 7.81. The van der Waals surface area contributed by atoms with Crippen molar-refractivity contribution in [3.05, 3.63) is 35.6 Å². The van der Waals surface area contributed by atoms with Gasteiger partial charge in [0.05, 0.1) is 5.75 Å². The topological polar surface area (TPSA) is 75.3 Å². The number of carbonyl (C=O) groups is 1. The number of hydrogen-bond acceptors (Lipinski definition) is 3. The van der Waals surface area contributed by atoms with Crippen molar-refractivity contribution in [2.24, 2.45) is 11.3 Å². The summed E-state index contributed by atoms with van der Waals surface area (Å²) in [6, 6.07) is 5.06. The average Bonchev–Trinajstić information content (AvgIpc) is 2.44. The van der Waals surface area contributed by atoms with Crippen LogP contribution in [0.5, 0.6) is 0 Å². The third-order valence-electron chi connectivity index (χ3n) is 4.50. The number of amides is 1. The summed E-state index contributed by atoms with van der Waals surface area (Å²) < 4.78 is 40.2. The molecular weight excluding hydrogens is 343 g/mol. The van der Waals surface area contributed by atoms with Crippen LogP contribution in [0, 0.1) is 17.2 Å². The zero-order chi connectivity index (χ0) is 18.7. The van der Waals surface area contributed by atoms with E-state index < -0.39 is 21.7 Å². The van der Waals surface area contributed by atoms with Crippen molar-refractivity contribution in [1.29, 1.82) is 0 Å². The highest BCUT2D eigenvalue weighted by Gasteiger charge is 2.33. The summed E-state index contributed by atoms with van der Waals surface area (Å²) in [7, 11) is -3.46. The first-order chi connectivity index (χ1) is 11.6. The summed E-state index contributed by atoms with van der Waals surface area (Å²) in [6.45, 7) is 6.47. The Morgan fingerprint density at radius 2 is 1.88 bits per heavy atom. The Morgan fingerprint density at radius 1 is 1.24 bits per heavy atom. The Kier molecular flexibility index (Phi) is 6.21. The van der Waals surface area contributed by atoms with Crippen LogP contribution in [0.4, 0.5) is 4.39 Å². The minimum absolute atomic E-state index is 0.0111. The molecule has 2 N–H and O–H groups in total. The second-order valence-corrected chi connectivity index (χ2v) is 9.68. The Labute approximate surface area is 149 Å². The summed E-state index contributed by atoms with van der Waals surface area (Å²) in [4.78, 5) is 11.9. The van der Waals surface area contributed by atoms with Gasteiger partial charge in [-0.25, -0.2) is 17.5 Å². The van der Waals surface area contributed by atoms with Gasteiger partial charge in [-0.2, -0.15) is 0 Å². The van der Waals surface area contributed by atoms with Crippen molar-refractivity contribution < 1.29 is 17.6 Å². The van der Waals surface area contributed by atoms with E-state index >= 15 is 0 Å². The molecule has 7 heteroatoms. The maximum Gasteiger partial charge on any atom is 0.251 e. The fourth-order valence-corrected chi connectivity index (χ4v) is 4.93. The number of rotatable bonds is 6. The molecule has 0 aliphatic heterocycles. The van der Waals surface area contributed by atoms with E-state index in [9.17, 15) is 17.6 Å². The first-order valence-corrected chi connectivity index (χ1v) is 10.3. The molecule has 1 aliphatic rings. The van der Waals surface area contributed by atoms with Crippen LogP contribution in [0.1, 0.15) is 50.4 Å². The Morgan fingerprint density at radius 3 is 2.48 bits per heavy atom. The van der Waals surface area contributed by atoms with Crippen LogP contribution in [0.3, 0.4) is 0 Å². The third-order valence-corrected chi connectivity index (χ3v) is 5.93. The number of hydrogen-bond donors (Lipinski definition) is 2. The maximum atomic E-state index is 12.8. The lowest BCUT2D eigenvalue weighted by Gasteiger charge is -2.39. The molecule has 25 heavy (non-hydrogen) atoms. The van der Waals surface area contributed by atoms with Crippen molar-refractivity contribution in [2.45, 2.75) is 46.1 Å². The van der Waals surface area contributed by atoms with E-state index in [-0.39, 0.29) is 23.8 Å². The Balaban J connectivity index is 1.83. The lowest BCUT2D eigenvalue weighted by Crippen LogP contribution is -2.45. The molecule has 1 aromatic rings. The van der Waals surface area contributed by atoms with Crippen LogP contribution in [0.15, 0.2) is 24.3 Å². The van der Waals surface area contributed by atoms with Crippen molar-refractivity contribution >= 4 is 15.9 Å². The molecule has 1 aromatic carbocycles. The highest BCUT2D eigenvalue weighted by Crippen LogP contribution is 2.38. The van der Waals surface area contributed by atoms with Crippen LogP contribution in [-0.4, -0.2) is 32.7 Å². The summed E-state index contributed by atoms with van der Waals surface area (Å²) >= 11 is 0. The van der Waals surface area contributed by atoms with Crippen molar-refractivity contribution in [3.63, 3.8) is 0 Å². The molecule has 1 aliphatic carbocycles. The van der Waals surface area contributed by atoms with Crippen molar-refractivity contribution in [1.82, 2.24) is 10.0 Å². The first kappa shape index (κ1) is 19.8. The minimum Gasteiger partial charge on any atom is -0.351 e. The van der Waals surface area contributed by atoms with Gasteiger partial charge in [-0.3, -0.25) is 4.79 Å². The number of halogens is 1. The lowest BCUT2D eigenvalue weighted by molar-refractivity contribution is 0.0956.